The molecule has 0 aromatic heterocycles. The first-order valence-electron chi connectivity index (χ1n) is 9.25. The molecule has 3 atom stereocenters. The van der Waals surface area contributed by atoms with Crippen LogP contribution in [0, 0.1) is 11.8 Å². The summed E-state index contributed by atoms with van der Waals surface area (Å²) < 4.78 is 10.2. The Morgan fingerprint density at radius 2 is 1.93 bits per heavy atom. The van der Waals surface area contributed by atoms with Crippen LogP contribution in [-0.4, -0.2) is 76.7 Å². The van der Waals surface area contributed by atoms with E-state index in [0.29, 0.717) is 13.1 Å². The SMILES string of the molecule is CN=C(NCC(c1ccc(OC)cc1)N(C)C)N1CC(C)C(C(=O)OC)C1.I. The molecule has 1 aliphatic rings. The van der Waals surface area contributed by atoms with Crippen molar-refractivity contribution in [2.24, 2.45) is 16.8 Å². The Hall–Kier alpha value is -1.55. The summed E-state index contributed by atoms with van der Waals surface area (Å²) in [4.78, 5) is 20.7. The topological polar surface area (TPSA) is 66.4 Å². The van der Waals surface area contributed by atoms with Crippen LogP contribution in [0.3, 0.4) is 0 Å². The second-order valence-corrected chi connectivity index (χ2v) is 7.19. The quantitative estimate of drug-likeness (QED) is 0.278. The molecule has 1 aliphatic heterocycles. The number of esters is 1. The van der Waals surface area contributed by atoms with E-state index in [2.05, 4.69) is 53.3 Å². The summed E-state index contributed by atoms with van der Waals surface area (Å²) in [5, 5.41) is 3.47. The molecule has 3 unspecified atom stereocenters. The number of nitrogens with one attached hydrogen (secondary N) is 1. The molecular weight excluding hydrogens is 471 g/mol. The number of guanidine groups is 1. The van der Waals surface area contributed by atoms with E-state index in [1.807, 2.05) is 12.1 Å². The second kappa shape index (κ2) is 11.5. The fourth-order valence-electron chi connectivity index (χ4n) is 3.54. The van der Waals surface area contributed by atoms with Gasteiger partial charge in [0.1, 0.15) is 5.75 Å². The molecule has 1 saturated heterocycles. The van der Waals surface area contributed by atoms with Crippen molar-refractivity contribution in [1.29, 1.82) is 0 Å². The number of likely N-dealkylation sites (N-methyl/N-ethyl adjacent to an activating group) is 1. The summed E-state index contributed by atoms with van der Waals surface area (Å²) in [7, 11) is 9.01. The van der Waals surface area contributed by atoms with Gasteiger partial charge in [-0.25, -0.2) is 0 Å². The molecule has 0 saturated carbocycles. The molecule has 0 amide bonds. The lowest BCUT2D eigenvalue weighted by Gasteiger charge is -2.28. The number of aliphatic imine (C=N–C) groups is 1. The van der Waals surface area contributed by atoms with Gasteiger partial charge in [-0.05, 0) is 37.7 Å². The molecule has 0 aliphatic carbocycles. The van der Waals surface area contributed by atoms with Gasteiger partial charge in [0.2, 0.25) is 0 Å². The van der Waals surface area contributed by atoms with Crippen LogP contribution in [0.5, 0.6) is 5.75 Å². The minimum atomic E-state index is -0.148. The number of ether oxygens (including phenoxy) is 2. The van der Waals surface area contributed by atoms with Gasteiger partial charge in [0.05, 0.1) is 26.2 Å². The van der Waals surface area contributed by atoms with Crippen LogP contribution in [-0.2, 0) is 9.53 Å². The van der Waals surface area contributed by atoms with E-state index in [1.165, 1.54) is 12.7 Å². The lowest BCUT2D eigenvalue weighted by molar-refractivity contribution is -0.145. The molecule has 1 aromatic carbocycles. The average Bonchev–Trinajstić information content (AvgIpc) is 3.06. The van der Waals surface area contributed by atoms with Crippen LogP contribution < -0.4 is 10.1 Å². The summed E-state index contributed by atoms with van der Waals surface area (Å²) in [5.41, 5.74) is 1.20. The predicted molar refractivity (Wildman–Crippen MR) is 122 cm³/mol. The van der Waals surface area contributed by atoms with E-state index >= 15 is 0 Å². The van der Waals surface area contributed by atoms with Gasteiger partial charge in [0.15, 0.2) is 5.96 Å². The number of methoxy groups -OCH3 is 2. The highest BCUT2D eigenvalue weighted by Crippen LogP contribution is 2.25. The standard InChI is InChI=1S/C20H32N4O3.HI/c1-14-12-24(13-17(14)19(25)27-6)20(21-2)22-11-18(23(3)4)15-7-9-16(26-5)10-8-15;/h7-10,14,17-18H,11-13H2,1-6H3,(H,21,22);1H. The van der Waals surface area contributed by atoms with Crippen LogP contribution in [0.15, 0.2) is 29.3 Å². The van der Waals surface area contributed by atoms with Crippen molar-refractivity contribution in [1.82, 2.24) is 15.1 Å². The Kier molecular flexibility index (Phi) is 10.0. The Morgan fingerprint density at radius 1 is 1.29 bits per heavy atom. The van der Waals surface area contributed by atoms with E-state index in [1.54, 1.807) is 14.2 Å². The minimum Gasteiger partial charge on any atom is -0.497 e. The van der Waals surface area contributed by atoms with Crippen LogP contribution in [0.4, 0.5) is 0 Å². The van der Waals surface area contributed by atoms with Crippen LogP contribution in [0.1, 0.15) is 18.5 Å². The third kappa shape index (κ3) is 5.97. The van der Waals surface area contributed by atoms with Gasteiger partial charge in [-0.3, -0.25) is 9.79 Å². The molecule has 0 spiro atoms. The number of carbonyl (C=O) groups excluding carboxylic acids is 1. The highest BCUT2D eigenvalue weighted by molar-refractivity contribution is 14.0. The fourth-order valence-corrected chi connectivity index (χ4v) is 3.54. The normalized spacial score (nSPS) is 20.5. The number of rotatable bonds is 6. The Morgan fingerprint density at radius 3 is 2.43 bits per heavy atom. The van der Waals surface area contributed by atoms with Gasteiger partial charge < -0.3 is 24.6 Å². The van der Waals surface area contributed by atoms with E-state index in [9.17, 15) is 4.79 Å². The maximum atomic E-state index is 11.9. The molecule has 1 heterocycles. The first kappa shape index (κ1) is 24.5. The minimum absolute atomic E-state index is 0. The van der Waals surface area contributed by atoms with Gasteiger partial charge in [-0.15, -0.1) is 24.0 Å². The van der Waals surface area contributed by atoms with Crippen molar-refractivity contribution < 1.29 is 14.3 Å². The average molecular weight is 504 g/mol. The van der Waals surface area contributed by atoms with Crippen molar-refractivity contribution >= 4 is 35.9 Å². The third-order valence-electron chi connectivity index (χ3n) is 5.21. The molecule has 1 fully saturated rings. The van der Waals surface area contributed by atoms with Gasteiger partial charge in [-0.1, -0.05) is 19.1 Å². The fraction of sp³-hybridized carbons (Fsp3) is 0.600. The molecule has 2 rings (SSSR count). The van der Waals surface area contributed by atoms with Gasteiger partial charge in [0, 0.05) is 26.7 Å². The van der Waals surface area contributed by atoms with Crippen molar-refractivity contribution in [3.63, 3.8) is 0 Å². The number of nitrogens with zero attached hydrogens (tertiary/aromatic N) is 3. The summed E-state index contributed by atoms with van der Waals surface area (Å²) in [6.07, 6.45) is 0. The summed E-state index contributed by atoms with van der Waals surface area (Å²) in [6.45, 7) is 4.20. The molecular formula is C20H33IN4O3. The zero-order chi connectivity index (χ0) is 20.0. The van der Waals surface area contributed by atoms with Crippen molar-refractivity contribution in [2.45, 2.75) is 13.0 Å². The molecule has 8 heteroatoms. The molecule has 0 radical (unpaired) electrons. The molecule has 158 valence electrons. The highest BCUT2D eigenvalue weighted by atomic mass is 127. The first-order chi connectivity index (χ1) is 12.9. The number of hydrogen-bond donors (Lipinski definition) is 1. The number of carbonyl (C=O) groups is 1. The number of likely N-dealkylation sites (tertiary alicyclic amines) is 1. The summed E-state index contributed by atoms with van der Waals surface area (Å²) in [6, 6.07) is 8.30. The monoisotopic (exact) mass is 504 g/mol. The van der Waals surface area contributed by atoms with E-state index in [0.717, 1.165) is 18.3 Å². The zero-order valence-electron chi connectivity index (χ0n) is 17.6. The van der Waals surface area contributed by atoms with E-state index in [4.69, 9.17) is 9.47 Å². The Bertz CT molecular complexity index is 651. The van der Waals surface area contributed by atoms with E-state index < -0.39 is 0 Å². The summed E-state index contributed by atoms with van der Waals surface area (Å²) in [5.74, 6) is 1.64. The smallest absolute Gasteiger partial charge is 0.310 e. The lowest BCUT2D eigenvalue weighted by Crippen LogP contribution is -2.43. The van der Waals surface area contributed by atoms with Gasteiger partial charge >= 0.3 is 5.97 Å². The van der Waals surface area contributed by atoms with Crippen molar-refractivity contribution in [2.75, 3.05) is 55.0 Å². The van der Waals surface area contributed by atoms with Crippen LogP contribution in [0.25, 0.3) is 0 Å². The predicted octanol–water partition coefficient (Wildman–Crippen LogP) is 2.23. The third-order valence-corrected chi connectivity index (χ3v) is 5.21. The second-order valence-electron chi connectivity index (χ2n) is 7.19. The van der Waals surface area contributed by atoms with Gasteiger partial charge in [0.25, 0.3) is 0 Å². The summed E-state index contributed by atoms with van der Waals surface area (Å²) >= 11 is 0. The van der Waals surface area contributed by atoms with Crippen molar-refractivity contribution in [3.8, 4) is 5.75 Å². The first-order valence-corrected chi connectivity index (χ1v) is 9.25. The van der Waals surface area contributed by atoms with Crippen molar-refractivity contribution in [3.05, 3.63) is 29.8 Å². The number of hydrogen-bond acceptors (Lipinski definition) is 5. The Balaban J connectivity index is 0.00000392. The van der Waals surface area contributed by atoms with Gasteiger partial charge in [-0.2, -0.15) is 0 Å². The largest absolute Gasteiger partial charge is 0.497 e. The highest BCUT2D eigenvalue weighted by Gasteiger charge is 2.37. The molecule has 1 aromatic rings. The van der Waals surface area contributed by atoms with Crippen LogP contribution >= 0.6 is 24.0 Å². The molecule has 0 bridgehead atoms. The Labute approximate surface area is 185 Å². The molecule has 28 heavy (non-hydrogen) atoms. The molecule has 7 nitrogen and oxygen atoms in total. The zero-order valence-corrected chi connectivity index (χ0v) is 20.0. The number of halogens is 1. The van der Waals surface area contributed by atoms with Crippen LogP contribution in [0.2, 0.25) is 0 Å². The molecule has 1 N–H and O–H groups in total. The lowest BCUT2D eigenvalue weighted by atomic mass is 9.99. The van der Waals surface area contributed by atoms with E-state index in [-0.39, 0.29) is 47.8 Å². The number of benzene rings is 1. The maximum Gasteiger partial charge on any atom is 0.310 e. The maximum absolute atomic E-state index is 11.9.